The monoisotopic (exact) mass is 385 g/mol. The minimum Gasteiger partial charge on any atom is -0.381 e. The van der Waals surface area contributed by atoms with E-state index in [9.17, 15) is 12.8 Å². The van der Waals surface area contributed by atoms with E-state index in [-0.39, 0.29) is 10.8 Å². The van der Waals surface area contributed by atoms with Gasteiger partial charge in [0.2, 0.25) is 10.0 Å². The SMILES string of the molecule is O=S(=O)(NC1(CCl)CCOCC1)c1ccc(Br)cc1F. The van der Waals surface area contributed by atoms with Gasteiger partial charge in [-0.25, -0.2) is 17.5 Å². The van der Waals surface area contributed by atoms with Crippen LogP contribution in [0.2, 0.25) is 0 Å². The van der Waals surface area contributed by atoms with Crippen molar-refractivity contribution in [3.05, 3.63) is 28.5 Å². The summed E-state index contributed by atoms with van der Waals surface area (Å²) in [4.78, 5) is -0.378. The van der Waals surface area contributed by atoms with Crippen LogP contribution in [0.3, 0.4) is 0 Å². The van der Waals surface area contributed by atoms with Crippen LogP contribution in [0.5, 0.6) is 0 Å². The summed E-state index contributed by atoms with van der Waals surface area (Å²) >= 11 is 9.00. The fourth-order valence-corrected chi connectivity index (χ4v) is 4.32. The molecule has 0 atom stereocenters. The maximum atomic E-state index is 13.8. The standard InChI is InChI=1S/C12H14BrClFNO3S/c13-9-1-2-11(10(15)7-9)20(17,18)16-12(8-14)3-5-19-6-4-12/h1-2,7,16H,3-6,8H2. The Kier molecular flexibility index (Phi) is 5.07. The average molecular weight is 387 g/mol. The fraction of sp³-hybridized carbons (Fsp3) is 0.500. The molecule has 112 valence electrons. The van der Waals surface area contributed by atoms with Crippen molar-refractivity contribution >= 4 is 37.6 Å². The van der Waals surface area contributed by atoms with E-state index in [1.54, 1.807) is 0 Å². The molecular formula is C12H14BrClFNO3S. The highest BCUT2D eigenvalue weighted by atomic mass is 79.9. The summed E-state index contributed by atoms with van der Waals surface area (Å²) in [6, 6.07) is 3.82. The van der Waals surface area contributed by atoms with E-state index in [1.165, 1.54) is 12.1 Å². The van der Waals surface area contributed by atoms with E-state index in [2.05, 4.69) is 20.7 Å². The van der Waals surface area contributed by atoms with Crippen LogP contribution < -0.4 is 4.72 Å². The Bertz CT molecular complexity index is 590. The third-order valence-electron chi connectivity index (χ3n) is 3.24. The van der Waals surface area contributed by atoms with Crippen molar-refractivity contribution in [3.8, 4) is 0 Å². The molecule has 1 aliphatic heterocycles. The zero-order valence-corrected chi connectivity index (χ0v) is 13.7. The Hall–Kier alpha value is -0.210. The first-order valence-electron chi connectivity index (χ1n) is 6.01. The number of alkyl halides is 1. The van der Waals surface area contributed by atoms with Crippen LogP contribution in [0.1, 0.15) is 12.8 Å². The topological polar surface area (TPSA) is 55.4 Å². The lowest BCUT2D eigenvalue weighted by Crippen LogP contribution is -2.53. The molecule has 1 heterocycles. The third-order valence-corrected chi connectivity index (χ3v) is 5.86. The van der Waals surface area contributed by atoms with E-state index >= 15 is 0 Å². The molecule has 20 heavy (non-hydrogen) atoms. The fourth-order valence-electron chi connectivity index (χ4n) is 2.06. The molecule has 0 aromatic heterocycles. The van der Waals surface area contributed by atoms with E-state index in [0.29, 0.717) is 30.5 Å². The third kappa shape index (κ3) is 3.51. The molecule has 0 aliphatic carbocycles. The minimum absolute atomic E-state index is 0.119. The Morgan fingerprint density at radius 3 is 2.60 bits per heavy atom. The van der Waals surface area contributed by atoms with Crippen molar-refractivity contribution in [2.45, 2.75) is 23.3 Å². The normalized spacial score (nSPS) is 18.9. The van der Waals surface area contributed by atoms with Crippen molar-refractivity contribution in [1.29, 1.82) is 0 Å². The Labute approximate surface area is 130 Å². The van der Waals surface area contributed by atoms with E-state index in [4.69, 9.17) is 16.3 Å². The Morgan fingerprint density at radius 2 is 2.05 bits per heavy atom. The molecule has 2 rings (SSSR count). The quantitative estimate of drug-likeness (QED) is 0.810. The maximum Gasteiger partial charge on any atom is 0.244 e. The smallest absolute Gasteiger partial charge is 0.244 e. The molecule has 1 aromatic rings. The van der Waals surface area contributed by atoms with Crippen molar-refractivity contribution in [2.75, 3.05) is 19.1 Å². The zero-order chi connectivity index (χ0) is 14.8. The Balaban J connectivity index is 2.30. The number of hydrogen-bond donors (Lipinski definition) is 1. The van der Waals surface area contributed by atoms with Crippen LogP contribution in [-0.4, -0.2) is 33.1 Å². The molecule has 0 saturated carbocycles. The predicted molar refractivity (Wildman–Crippen MR) is 77.9 cm³/mol. The van der Waals surface area contributed by atoms with Gasteiger partial charge in [-0.15, -0.1) is 11.6 Å². The lowest BCUT2D eigenvalue weighted by atomic mass is 9.94. The molecule has 0 unspecified atom stereocenters. The molecule has 4 nitrogen and oxygen atoms in total. The average Bonchev–Trinajstić information content (AvgIpc) is 2.38. The highest BCUT2D eigenvalue weighted by Gasteiger charge is 2.37. The molecule has 1 saturated heterocycles. The summed E-state index contributed by atoms with van der Waals surface area (Å²) in [5.41, 5.74) is -0.780. The summed E-state index contributed by atoms with van der Waals surface area (Å²) in [5.74, 6) is -0.683. The first kappa shape index (κ1) is 16.2. The molecular weight excluding hydrogens is 373 g/mol. The van der Waals surface area contributed by atoms with Crippen molar-refractivity contribution in [2.24, 2.45) is 0 Å². The number of sulfonamides is 1. The highest BCUT2D eigenvalue weighted by molar-refractivity contribution is 9.10. The molecule has 0 spiro atoms. The lowest BCUT2D eigenvalue weighted by Gasteiger charge is -2.35. The molecule has 1 aromatic carbocycles. The molecule has 0 amide bonds. The summed E-state index contributed by atoms with van der Waals surface area (Å²) in [7, 11) is -3.96. The van der Waals surface area contributed by atoms with E-state index in [0.717, 1.165) is 6.07 Å². The van der Waals surface area contributed by atoms with Gasteiger partial charge < -0.3 is 4.74 Å². The lowest BCUT2D eigenvalue weighted by molar-refractivity contribution is 0.0549. The second-order valence-corrected chi connectivity index (χ2v) is 7.54. The largest absolute Gasteiger partial charge is 0.381 e. The molecule has 8 heteroatoms. The van der Waals surface area contributed by atoms with Gasteiger partial charge in [0.25, 0.3) is 0 Å². The number of halogens is 3. The van der Waals surface area contributed by atoms with Gasteiger partial charge in [0.15, 0.2) is 0 Å². The summed E-state index contributed by atoms with van der Waals surface area (Å²) in [5, 5.41) is 0. The highest BCUT2D eigenvalue weighted by Crippen LogP contribution is 2.26. The van der Waals surface area contributed by atoms with Crippen molar-refractivity contribution in [3.63, 3.8) is 0 Å². The number of ether oxygens (including phenoxy) is 1. The first-order chi connectivity index (χ1) is 9.38. The number of benzene rings is 1. The van der Waals surface area contributed by atoms with Gasteiger partial charge in [0.1, 0.15) is 10.7 Å². The Morgan fingerprint density at radius 1 is 1.40 bits per heavy atom. The minimum atomic E-state index is -3.96. The van der Waals surface area contributed by atoms with Crippen LogP contribution in [0.15, 0.2) is 27.6 Å². The molecule has 0 radical (unpaired) electrons. The second-order valence-electron chi connectivity index (χ2n) is 4.71. The van der Waals surface area contributed by atoms with Gasteiger partial charge in [0.05, 0.1) is 5.54 Å². The zero-order valence-electron chi connectivity index (χ0n) is 10.5. The maximum absolute atomic E-state index is 13.8. The predicted octanol–water partition coefficient (Wildman–Crippen LogP) is 2.65. The first-order valence-corrected chi connectivity index (χ1v) is 8.82. The van der Waals surface area contributed by atoms with Crippen LogP contribution >= 0.6 is 27.5 Å². The van der Waals surface area contributed by atoms with Crippen LogP contribution in [0.25, 0.3) is 0 Å². The number of rotatable bonds is 4. The summed E-state index contributed by atoms with van der Waals surface area (Å²) in [6.07, 6.45) is 0.932. The van der Waals surface area contributed by atoms with Gasteiger partial charge in [-0.2, -0.15) is 0 Å². The van der Waals surface area contributed by atoms with E-state index < -0.39 is 21.4 Å². The van der Waals surface area contributed by atoms with Crippen LogP contribution in [0, 0.1) is 5.82 Å². The van der Waals surface area contributed by atoms with Gasteiger partial charge in [-0.05, 0) is 31.0 Å². The van der Waals surface area contributed by atoms with Crippen molar-refractivity contribution < 1.29 is 17.5 Å². The van der Waals surface area contributed by atoms with Crippen LogP contribution in [-0.2, 0) is 14.8 Å². The van der Waals surface area contributed by atoms with Gasteiger partial charge in [0, 0.05) is 23.6 Å². The summed E-state index contributed by atoms with van der Waals surface area (Å²) < 4.78 is 46.7. The van der Waals surface area contributed by atoms with Gasteiger partial charge in [-0.3, -0.25) is 0 Å². The van der Waals surface area contributed by atoms with Crippen LogP contribution in [0.4, 0.5) is 4.39 Å². The molecule has 1 fully saturated rings. The van der Waals surface area contributed by atoms with Gasteiger partial charge in [-0.1, -0.05) is 15.9 Å². The summed E-state index contributed by atoms with van der Waals surface area (Å²) in [6.45, 7) is 0.857. The number of hydrogen-bond acceptors (Lipinski definition) is 3. The van der Waals surface area contributed by atoms with Crippen molar-refractivity contribution in [1.82, 2.24) is 4.72 Å². The number of nitrogens with one attached hydrogen (secondary N) is 1. The van der Waals surface area contributed by atoms with Gasteiger partial charge >= 0.3 is 0 Å². The molecule has 0 bridgehead atoms. The molecule has 1 aliphatic rings. The molecule has 1 N–H and O–H groups in total. The van der Waals surface area contributed by atoms with E-state index in [1.807, 2.05) is 0 Å². The second kappa shape index (κ2) is 6.27.